The lowest BCUT2D eigenvalue weighted by atomic mass is 10.1. The molecule has 4 rings (SSSR count). The minimum atomic E-state index is -0.438. The number of hydrogen-bond donors (Lipinski definition) is 0. The maximum absolute atomic E-state index is 12.9. The molecule has 0 bridgehead atoms. The van der Waals surface area contributed by atoms with Crippen LogP contribution < -0.4 is 11.2 Å². The van der Waals surface area contributed by atoms with E-state index in [1.54, 1.807) is 31.3 Å². The molecule has 7 heteroatoms. The molecule has 0 atom stereocenters. The van der Waals surface area contributed by atoms with Gasteiger partial charge in [0.1, 0.15) is 5.39 Å². The van der Waals surface area contributed by atoms with Crippen LogP contribution in [0.25, 0.3) is 33.7 Å². The van der Waals surface area contributed by atoms with Crippen molar-refractivity contribution in [3.05, 3.63) is 80.5 Å². The summed E-state index contributed by atoms with van der Waals surface area (Å²) in [5, 5.41) is 0.877. The minimum Gasteiger partial charge on any atom is -0.280 e. The molecule has 134 valence electrons. The summed E-state index contributed by atoms with van der Waals surface area (Å²) in [7, 11) is 3.04. The Balaban J connectivity index is 2.18. The molecule has 0 amide bonds. The van der Waals surface area contributed by atoms with Crippen molar-refractivity contribution in [2.75, 3.05) is 0 Å². The van der Waals surface area contributed by atoms with E-state index >= 15 is 0 Å². The van der Waals surface area contributed by atoms with Gasteiger partial charge in [0.05, 0.1) is 5.69 Å². The predicted octanol–water partition coefficient (Wildman–Crippen LogP) is 3.01. The summed E-state index contributed by atoms with van der Waals surface area (Å²) in [5.41, 5.74) is 1.40. The number of halogens is 1. The quantitative estimate of drug-likeness (QED) is 0.537. The molecule has 0 spiro atoms. The molecule has 0 saturated heterocycles. The van der Waals surface area contributed by atoms with Crippen LogP contribution in [0.1, 0.15) is 0 Å². The van der Waals surface area contributed by atoms with Crippen molar-refractivity contribution >= 4 is 22.6 Å². The Bertz CT molecular complexity index is 1280. The first-order chi connectivity index (χ1) is 13.0. The maximum atomic E-state index is 12.9. The molecule has 0 aliphatic carbocycles. The molecular formula is C20H15ClN4O2. The topological polar surface area (TPSA) is 69.8 Å². The molecular weight excluding hydrogens is 364 g/mol. The standard InChI is InChI=1S/C20H15ClN4O2/c1-24-18-15(19(26)25(2)20(24)27)16(12-8-10-14(21)11-9-12)22-17(23-18)13-6-4-3-5-7-13/h3-11H,1-2H3. The third kappa shape index (κ3) is 2.84. The highest BCUT2D eigenvalue weighted by molar-refractivity contribution is 6.30. The van der Waals surface area contributed by atoms with E-state index in [1.165, 1.54) is 11.6 Å². The number of benzene rings is 2. The average molecular weight is 379 g/mol. The zero-order valence-corrected chi connectivity index (χ0v) is 15.4. The number of hydrogen-bond acceptors (Lipinski definition) is 4. The number of aromatic nitrogens is 4. The number of rotatable bonds is 2. The Morgan fingerprint density at radius 1 is 0.815 bits per heavy atom. The first-order valence-corrected chi connectivity index (χ1v) is 8.64. The Morgan fingerprint density at radius 2 is 1.48 bits per heavy atom. The molecule has 0 aliphatic heterocycles. The fraction of sp³-hybridized carbons (Fsp3) is 0.100. The van der Waals surface area contributed by atoms with Crippen molar-refractivity contribution in [3.8, 4) is 22.6 Å². The van der Waals surface area contributed by atoms with E-state index in [0.717, 1.165) is 15.7 Å². The Kier molecular flexibility index (Phi) is 4.12. The molecule has 4 aromatic rings. The molecule has 0 saturated carbocycles. The van der Waals surface area contributed by atoms with Gasteiger partial charge in [0.15, 0.2) is 11.5 Å². The molecule has 2 aromatic heterocycles. The van der Waals surface area contributed by atoms with Gasteiger partial charge in [-0.15, -0.1) is 0 Å². The van der Waals surface area contributed by atoms with Crippen molar-refractivity contribution in [2.45, 2.75) is 0 Å². The van der Waals surface area contributed by atoms with Gasteiger partial charge in [-0.25, -0.2) is 14.8 Å². The van der Waals surface area contributed by atoms with Crippen LogP contribution in [0.15, 0.2) is 64.2 Å². The van der Waals surface area contributed by atoms with Gasteiger partial charge in [-0.2, -0.15) is 0 Å². The summed E-state index contributed by atoms with van der Waals surface area (Å²) in [6.45, 7) is 0. The number of fused-ring (bicyclic) bond motifs is 1. The zero-order chi connectivity index (χ0) is 19.1. The molecule has 0 aliphatic rings. The summed E-state index contributed by atoms with van der Waals surface area (Å²) in [4.78, 5) is 34.4. The molecule has 2 heterocycles. The van der Waals surface area contributed by atoms with E-state index in [9.17, 15) is 9.59 Å². The van der Waals surface area contributed by atoms with Gasteiger partial charge >= 0.3 is 5.69 Å². The van der Waals surface area contributed by atoms with Crippen molar-refractivity contribution in [2.24, 2.45) is 14.1 Å². The highest BCUT2D eigenvalue weighted by Gasteiger charge is 2.18. The fourth-order valence-electron chi connectivity index (χ4n) is 2.99. The molecule has 27 heavy (non-hydrogen) atoms. The molecule has 0 fully saturated rings. The summed E-state index contributed by atoms with van der Waals surface area (Å²) in [5.74, 6) is 0.441. The normalized spacial score (nSPS) is 11.1. The van der Waals surface area contributed by atoms with Crippen LogP contribution in [0.2, 0.25) is 5.02 Å². The second kappa shape index (κ2) is 6.48. The van der Waals surface area contributed by atoms with Gasteiger partial charge in [-0.3, -0.25) is 13.9 Å². The summed E-state index contributed by atoms with van der Waals surface area (Å²) in [6.07, 6.45) is 0. The lowest BCUT2D eigenvalue weighted by Gasteiger charge is -2.12. The van der Waals surface area contributed by atoms with Crippen molar-refractivity contribution in [3.63, 3.8) is 0 Å². The van der Waals surface area contributed by atoms with E-state index in [2.05, 4.69) is 9.97 Å². The molecule has 2 aromatic carbocycles. The molecule has 0 unspecified atom stereocenters. The number of aryl methyl sites for hydroxylation is 1. The van der Waals surface area contributed by atoms with E-state index in [-0.39, 0.29) is 0 Å². The monoisotopic (exact) mass is 378 g/mol. The van der Waals surface area contributed by atoms with Crippen LogP contribution in [-0.4, -0.2) is 19.1 Å². The second-order valence-electron chi connectivity index (χ2n) is 6.17. The molecule has 6 nitrogen and oxygen atoms in total. The largest absolute Gasteiger partial charge is 0.332 e. The Hall–Kier alpha value is -3.25. The Morgan fingerprint density at radius 3 is 2.15 bits per heavy atom. The summed E-state index contributed by atoms with van der Waals surface area (Å²) >= 11 is 6.00. The fourth-order valence-corrected chi connectivity index (χ4v) is 3.12. The van der Waals surface area contributed by atoms with Gasteiger partial charge in [-0.05, 0) is 12.1 Å². The van der Waals surface area contributed by atoms with Crippen molar-refractivity contribution < 1.29 is 0 Å². The van der Waals surface area contributed by atoms with Gasteiger partial charge < -0.3 is 0 Å². The second-order valence-corrected chi connectivity index (χ2v) is 6.61. The van der Waals surface area contributed by atoms with E-state index < -0.39 is 11.2 Å². The number of nitrogens with zero attached hydrogens (tertiary/aromatic N) is 4. The first-order valence-electron chi connectivity index (χ1n) is 8.26. The summed E-state index contributed by atoms with van der Waals surface area (Å²) in [6, 6.07) is 16.5. The highest BCUT2D eigenvalue weighted by atomic mass is 35.5. The van der Waals surface area contributed by atoms with Gasteiger partial charge in [0, 0.05) is 30.2 Å². The van der Waals surface area contributed by atoms with Crippen LogP contribution in [0.4, 0.5) is 0 Å². The van der Waals surface area contributed by atoms with Gasteiger partial charge in [-0.1, -0.05) is 54.1 Å². The van der Waals surface area contributed by atoms with Gasteiger partial charge in [0.25, 0.3) is 5.56 Å². The van der Waals surface area contributed by atoms with Crippen molar-refractivity contribution in [1.82, 2.24) is 19.1 Å². The highest BCUT2D eigenvalue weighted by Crippen LogP contribution is 2.27. The van der Waals surface area contributed by atoms with E-state index in [4.69, 9.17) is 11.6 Å². The average Bonchev–Trinajstić information content (AvgIpc) is 2.71. The third-order valence-electron chi connectivity index (χ3n) is 4.45. The SMILES string of the molecule is Cn1c(=O)c2c(-c3ccc(Cl)cc3)nc(-c3ccccc3)nc2n(C)c1=O. The first kappa shape index (κ1) is 17.2. The predicted molar refractivity (Wildman–Crippen MR) is 106 cm³/mol. The lowest BCUT2D eigenvalue weighted by molar-refractivity contribution is 0.707. The van der Waals surface area contributed by atoms with Gasteiger partial charge in [0.2, 0.25) is 0 Å². The summed E-state index contributed by atoms with van der Waals surface area (Å²) < 4.78 is 2.43. The van der Waals surface area contributed by atoms with E-state index in [0.29, 0.717) is 27.6 Å². The smallest absolute Gasteiger partial charge is 0.280 e. The Labute approximate surface area is 159 Å². The zero-order valence-electron chi connectivity index (χ0n) is 14.7. The minimum absolute atomic E-state index is 0.293. The maximum Gasteiger partial charge on any atom is 0.332 e. The van der Waals surface area contributed by atoms with Crippen LogP contribution >= 0.6 is 11.6 Å². The lowest BCUT2D eigenvalue weighted by Crippen LogP contribution is -2.37. The molecule has 0 radical (unpaired) electrons. The van der Waals surface area contributed by atoms with Crippen LogP contribution in [0.5, 0.6) is 0 Å². The third-order valence-corrected chi connectivity index (χ3v) is 4.70. The van der Waals surface area contributed by atoms with Crippen LogP contribution in [0.3, 0.4) is 0 Å². The molecule has 0 N–H and O–H groups in total. The van der Waals surface area contributed by atoms with Crippen molar-refractivity contribution in [1.29, 1.82) is 0 Å². The van der Waals surface area contributed by atoms with E-state index in [1.807, 2.05) is 30.3 Å². The van der Waals surface area contributed by atoms with Crippen LogP contribution in [-0.2, 0) is 14.1 Å². The van der Waals surface area contributed by atoms with Crippen LogP contribution in [0, 0.1) is 0 Å².